The van der Waals surface area contributed by atoms with E-state index in [4.69, 9.17) is 9.47 Å². The molecule has 1 atom stereocenters. The molecule has 0 bridgehead atoms. The summed E-state index contributed by atoms with van der Waals surface area (Å²) in [6.07, 6.45) is 5.19. The van der Waals surface area contributed by atoms with E-state index in [0.29, 0.717) is 18.6 Å². The van der Waals surface area contributed by atoms with Gasteiger partial charge in [-0.2, -0.15) is 0 Å². The highest BCUT2D eigenvalue weighted by atomic mass is 16.5. The molecule has 1 aromatic rings. The van der Waals surface area contributed by atoms with Gasteiger partial charge in [0.25, 0.3) is 0 Å². The SMILES string of the molecule is CCOc1cc(CN2CCC3(CC2)CC(O)CN(C)C3)ccc1OCC=C(C)C. The van der Waals surface area contributed by atoms with E-state index in [0.717, 1.165) is 63.5 Å². The zero-order valence-corrected chi connectivity index (χ0v) is 18.6. The van der Waals surface area contributed by atoms with Crippen molar-refractivity contribution in [2.45, 2.75) is 52.7 Å². The van der Waals surface area contributed by atoms with E-state index >= 15 is 0 Å². The van der Waals surface area contributed by atoms with Crippen LogP contribution in [0, 0.1) is 5.41 Å². The number of hydrogen-bond acceptors (Lipinski definition) is 5. The third kappa shape index (κ3) is 6.21. The molecule has 2 aliphatic heterocycles. The van der Waals surface area contributed by atoms with Crippen molar-refractivity contribution in [3.8, 4) is 11.5 Å². The van der Waals surface area contributed by atoms with Gasteiger partial charge in [0.15, 0.2) is 11.5 Å². The Bertz CT molecular complexity index is 679. The summed E-state index contributed by atoms with van der Waals surface area (Å²) in [6.45, 7) is 12.4. The maximum Gasteiger partial charge on any atom is 0.161 e. The second-order valence-corrected chi connectivity index (χ2v) is 9.14. The summed E-state index contributed by atoms with van der Waals surface area (Å²) in [5, 5.41) is 10.2. The number of aliphatic hydroxyl groups excluding tert-OH is 1. The lowest BCUT2D eigenvalue weighted by molar-refractivity contribution is -0.0331. The summed E-state index contributed by atoms with van der Waals surface area (Å²) in [5.41, 5.74) is 2.81. The minimum absolute atomic E-state index is 0.173. The molecule has 0 radical (unpaired) electrons. The molecule has 0 aliphatic carbocycles. The van der Waals surface area contributed by atoms with Gasteiger partial charge in [0.1, 0.15) is 6.61 Å². The molecule has 2 saturated heterocycles. The third-order valence-electron chi connectivity index (χ3n) is 6.16. The van der Waals surface area contributed by atoms with Gasteiger partial charge >= 0.3 is 0 Å². The van der Waals surface area contributed by atoms with Crippen molar-refractivity contribution < 1.29 is 14.6 Å². The molecule has 0 aromatic heterocycles. The summed E-state index contributed by atoms with van der Waals surface area (Å²) in [5.74, 6) is 1.64. The van der Waals surface area contributed by atoms with Crippen molar-refractivity contribution >= 4 is 0 Å². The number of likely N-dealkylation sites (N-methyl/N-ethyl adjacent to an activating group) is 1. The van der Waals surface area contributed by atoms with E-state index < -0.39 is 0 Å². The molecule has 5 heteroatoms. The molecule has 1 N–H and O–H groups in total. The highest BCUT2D eigenvalue weighted by Crippen LogP contribution is 2.40. The Kier molecular flexibility index (Phi) is 7.60. The van der Waals surface area contributed by atoms with Crippen LogP contribution in [0.25, 0.3) is 0 Å². The Hall–Kier alpha value is -1.56. The Labute approximate surface area is 176 Å². The van der Waals surface area contributed by atoms with E-state index in [1.165, 1.54) is 11.1 Å². The minimum Gasteiger partial charge on any atom is -0.490 e. The Morgan fingerprint density at radius 1 is 1.21 bits per heavy atom. The van der Waals surface area contributed by atoms with Gasteiger partial charge in [-0.15, -0.1) is 0 Å². The van der Waals surface area contributed by atoms with E-state index in [2.05, 4.69) is 48.9 Å². The molecule has 1 aromatic carbocycles. The number of likely N-dealkylation sites (tertiary alicyclic amines) is 2. The van der Waals surface area contributed by atoms with Crippen LogP contribution in [0.4, 0.5) is 0 Å². The van der Waals surface area contributed by atoms with Crippen molar-refractivity contribution in [2.24, 2.45) is 5.41 Å². The standard InChI is InChI=1S/C24H38N2O3/c1-5-28-23-14-20(6-7-22(23)29-13-8-19(2)3)16-26-11-9-24(10-12-26)15-21(27)17-25(4)18-24/h6-8,14,21,27H,5,9-13,15-18H2,1-4H3. The van der Waals surface area contributed by atoms with E-state index in [1.54, 1.807) is 0 Å². The number of nitrogens with zero attached hydrogens (tertiary/aromatic N) is 2. The molecule has 1 spiro atoms. The highest BCUT2D eigenvalue weighted by Gasteiger charge is 2.40. The Morgan fingerprint density at radius 2 is 1.97 bits per heavy atom. The van der Waals surface area contributed by atoms with E-state index in [-0.39, 0.29) is 6.10 Å². The van der Waals surface area contributed by atoms with Crippen molar-refractivity contribution in [1.82, 2.24) is 9.80 Å². The number of rotatable bonds is 7. The summed E-state index contributed by atoms with van der Waals surface area (Å²) in [6, 6.07) is 6.32. The average molecular weight is 403 g/mol. The van der Waals surface area contributed by atoms with Crippen LogP contribution in [0.2, 0.25) is 0 Å². The van der Waals surface area contributed by atoms with Crippen LogP contribution in [0.3, 0.4) is 0 Å². The van der Waals surface area contributed by atoms with E-state index in [1.807, 2.05) is 13.0 Å². The second-order valence-electron chi connectivity index (χ2n) is 9.14. The summed E-state index contributed by atoms with van der Waals surface area (Å²) in [4.78, 5) is 4.83. The number of hydrogen-bond donors (Lipinski definition) is 1. The third-order valence-corrected chi connectivity index (χ3v) is 6.16. The molecule has 2 aliphatic rings. The van der Waals surface area contributed by atoms with Crippen molar-refractivity contribution in [3.63, 3.8) is 0 Å². The number of β-amino-alcohol motifs (C(OH)–C–C–N with tert-alkyl or cyclic N) is 1. The zero-order chi connectivity index (χ0) is 20.9. The molecule has 0 amide bonds. The molecular weight excluding hydrogens is 364 g/mol. The van der Waals surface area contributed by atoms with Crippen molar-refractivity contribution in [3.05, 3.63) is 35.4 Å². The Morgan fingerprint density at radius 3 is 2.62 bits per heavy atom. The molecule has 0 saturated carbocycles. The van der Waals surface area contributed by atoms with E-state index in [9.17, 15) is 5.11 Å². The largest absolute Gasteiger partial charge is 0.490 e. The first-order valence-corrected chi connectivity index (χ1v) is 11.0. The molecule has 2 fully saturated rings. The fourth-order valence-electron chi connectivity index (χ4n) is 4.77. The minimum atomic E-state index is -0.173. The quantitative estimate of drug-likeness (QED) is 0.705. The number of benzene rings is 1. The monoisotopic (exact) mass is 402 g/mol. The average Bonchev–Trinajstić information content (AvgIpc) is 2.64. The lowest BCUT2D eigenvalue weighted by atomic mass is 9.71. The van der Waals surface area contributed by atoms with Gasteiger partial charge in [-0.05, 0) is 89.4 Å². The van der Waals surface area contributed by atoms with Crippen LogP contribution in [0.15, 0.2) is 29.8 Å². The van der Waals surface area contributed by atoms with Crippen LogP contribution in [0.1, 0.15) is 45.6 Å². The van der Waals surface area contributed by atoms with Crippen LogP contribution in [0.5, 0.6) is 11.5 Å². The van der Waals surface area contributed by atoms with Crippen LogP contribution < -0.4 is 9.47 Å². The fraction of sp³-hybridized carbons (Fsp3) is 0.667. The van der Waals surface area contributed by atoms with Gasteiger partial charge in [0, 0.05) is 19.6 Å². The van der Waals surface area contributed by atoms with Crippen molar-refractivity contribution in [2.75, 3.05) is 46.4 Å². The molecule has 29 heavy (non-hydrogen) atoms. The first-order chi connectivity index (χ1) is 13.9. The molecule has 2 heterocycles. The van der Waals surface area contributed by atoms with Crippen LogP contribution >= 0.6 is 0 Å². The van der Waals surface area contributed by atoms with Crippen LogP contribution in [-0.4, -0.2) is 67.5 Å². The summed E-state index contributed by atoms with van der Waals surface area (Å²) < 4.78 is 11.7. The summed E-state index contributed by atoms with van der Waals surface area (Å²) in [7, 11) is 2.13. The summed E-state index contributed by atoms with van der Waals surface area (Å²) >= 11 is 0. The highest BCUT2D eigenvalue weighted by molar-refractivity contribution is 5.43. The second kappa shape index (κ2) is 9.96. The van der Waals surface area contributed by atoms with Gasteiger partial charge in [0.2, 0.25) is 0 Å². The number of allylic oxidation sites excluding steroid dienone is 1. The van der Waals surface area contributed by atoms with Gasteiger partial charge in [0.05, 0.1) is 12.7 Å². The van der Waals surface area contributed by atoms with Gasteiger partial charge in [-0.25, -0.2) is 0 Å². The lowest BCUT2D eigenvalue weighted by Crippen LogP contribution is -2.52. The fourth-order valence-corrected chi connectivity index (χ4v) is 4.77. The topological polar surface area (TPSA) is 45.2 Å². The van der Waals surface area contributed by atoms with Crippen LogP contribution in [-0.2, 0) is 6.54 Å². The predicted octanol–water partition coefficient (Wildman–Crippen LogP) is 3.71. The Balaban J connectivity index is 1.59. The molecule has 3 rings (SSSR count). The smallest absolute Gasteiger partial charge is 0.161 e. The maximum atomic E-state index is 10.2. The lowest BCUT2D eigenvalue weighted by Gasteiger charge is -2.48. The number of aliphatic hydroxyl groups is 1. The first kappa shape index (κ1) is 22.1. The van der Waals surface area contributed by atoms with Gasteiger partial charge in [-0.3, -0.25) is 4.90 Å². The molecule has 162 valence electrons. The van der Waals surface area contributed by atoms with Gasteiger partial charge in [-0.1, -0.05) is 11.6 Å². The molecule has 5 nitrogen and oxygen atoms in total. The first-order valence-electron chi connectivity index (χ1n) is 11.0. The normalized spacial score (nSPS) is 22.4. The number of piperidine rings is 2. The molecule has 1 unspecified atom stereocenters. The number of ether oxygens (including phenoxy) is 2. The zero-order valence-electron chi connectivity index (χ0n) is 18.6. The predicted molar refractivity (Wildman–Crippen MR) is 118 cm³/mol. The molecular formula is C24H38N2O3. The van der Waals surface area contributed by atoms with Gasteiger partial charge < -0.3 is 19.5 Å². The maximum absolute atomic E-state index is 10.2. The van der Waals surface area contributed by atoms with Crippen molar-refractivity contribution in [1.29, 1.82) is 0 Å².